The van der Waals surface area contributed by atoms with Crippen molar-refractivity contribution in [3.05, 3.63) is 29.4 Å². The molecule has 1 aliphatic rings. The number of nitrogens with zero attached hydrogens (tertiary/aromatic N) is 2. The maximum absolute atomic E-state index is 6.22. The first kappa shape index (κ1) is 11.4. The van der Waals surface area contributed by atoms with Crippen LogP contribution in [0.2, 0.25) is 5.02 Å². The predicted molar refractivity (Wildman–Crippen MR) is 71.7 cm³/mol. The molecule has 2 N–H and O–H groups in total. The molecule has 2 aromatic rings. The van der Waals surface area contributed by atoms with Crippen molar-refractivity contribution in [2.45, 2.75) is 18.9 Å². The van der Waals surface area contributed by atoms with Gasteiger partial charge in [-0.2, -0.15) is 5.10 Å². The van der Waals surface area contributed by atoms with E-state index in [0.29, 0.717) is 16.9 Å². The van der Waals surface area contributed by atoms with Crippen molar-refractivity contribution in [3.8, 4) is 16.9 Å². The van der Waals surface area contributed by atoms with Gasteiger partial charge in [-0.3, -0.25) is 4.68 Å². The average Bonchev–Trinajstić information content (AvgIpc) is 3.10. The van der Waals surface area contributed by atoms with Crippen molar-refractivity contribution < 1.29 is 4.74 Å². The van der Waals surface area contributed by atoms with Gasteiger partial charge >= 0.3 is 0 Å². The molecule has 1 heterocycles. The number of nitrogens with two attached hydrogens (primary N) is 1. The zero-order valence-electron chi connectivity index (χ0n) is 10.1. The van der Waals surface area contributed by atoms with E-state index in [1.165, 1.54) is 0 Å². The molecule has 0 aliphatic heterocycles. The Labute approximate surface area is 110 Å². The second kappa shape index (κ2) is 4.21. The Balaban J connectivity index is 1.93. The third-order valence-electron chi connectivity index (χ3n) is 3.05. The average molecular weight is 264 g/mol. The highest BCUT2D eigenvalue weighted by Crippen LogP contribution is 2.35. The van der Waals surface area contributed by atoms with Gasteiger partial charge in [0.1, 0.15) is 11.6 Å². The van der Waals surface area contributed by atoms with E-state index >= 15 is 0 Å². The third kappa shape index (κ3) is 2.04. The molecule has 4 nitrogen and oxygen atoms in total. The molecule has 18 heavy (non-hydrogen) atoms. The maximum atomic E-state index is 6.22. The van der Waals surface area contributed by atoms with Gasteiger partial charge in [-0.25, -0.2) is 0 Å². The van der Waals surface area contributed by atoms with E-state index in [0.717, 1.165) is 29.7 Å². The molecule has 0 unspecified atom stereocenters. The van der Waals surface area contributed by atoms with Gasteiger partial charge in [0.05, 0.1) is 17.3 Å². The molecular formula is C13H14ClN3O. The summed E-state index contributed by atoms with van der Waals surface area (Å²) in [6, 6.07) is 5.71. The molecule has 0 atom stereocenters. The Morgan fingerprint density at radius 3 is 2.78 bits per heavy atom. The highest BCUT2D eigenvalue weighted by atomic mass is 35.5. The largest absolute Gasteiger partial charge is 0.489 e. The van der Waals surface area contributed by atoms with Gasteiger partial charge in [0.25, 0.3) is 0 Å². The van der Waals surface area contributed by atoms with Crippen LogP contribution < -0.4 is 10.5 Å². The van der Waals surface area contributed by atoms with Crippen molar-refractivity contribution in [3.63, 3.8) is 0 Å². The number of hydrogen-bond donors (Lipinski definition) is 1. The van der Waals surface area contributed by atoms with Crippen LogP contribution in [0.1, 0.15) is 12.8 Å². The molecule has 1 aromatic heterocycles. The van der Waals surface area contributed by atoms with E-state index in [4.69, 9.17) is 22.1 Å². The van der Waals surface area contributed by atoms with Crippen molar-refractivity contribution in [1.29, 1.82) is 0 Å². The summed E-state index contributed by atoms with van der Waals surface area (Å²) in [5.41, 5.74) is 7.78. The smallest absolute Gasteiger partial charge is 0.138 e. The van der Waals surface area contributed by atoms with Crippen LogP contribution in [0.25, 0.3) is 11.1 Å². The summed E-state index contributed by atoms with van der Waals surface area (Å²) >= 11 is 6.22. The molecule has 0 amide bonds. The van der Waals surface area contributed by atoms with Gasteiger partial charge in [-0.05, 0) is 30.5 Å². The molecule has 0 radical (unpaired) electrons. The first-order valence-electron chi connectivity index (χ1n) is 5.89. The number of halogens is 1. The van der Waals surface area contributed by atoms with Crippen LogP contribution >= 0.6 is 11.6 Å². The predicted octanol–water partition coefficient (Wildman–Crippen LogP) is 2.86. The van der Waals surface area contributed by atoms with Crippen molar-refractivity contribution in [1.82, 2.24) is 9.78 Å². The molecule has 0 spiro atoms. The molecule has 5 heteroatoms. The first-order chi connectivity index (χ1) is 8.65. The molecule has 0 bridgehead atoms. The highest BCUT2D eigenvalue weighted by Gasteiger charge is 2.24. The summed E-state index contributed by atoms with van der Waals surface area (Å²) in [5, 5.41) is 4.73. The minimum Gasteiger partial charge on any atom is -0.489 e. The summed E-state index contributed by atoms with van der Waals surface area (Å²) in [6.07, 6.45) is 4.32. The third-order valence-corrected chi connectivity index (χ3v) is 3.34. The van der Waals surface area contributed by atoms with Gasteiger partial charge in [0, 0.05) is 12.6 Å². The zero-order chi connectivity index (χ0) is 12.7. The number of anilines is 1. The lowest BCUT2D eigenvalue weighted by Crippen LogP contribution is -1.98. The van der Waals surface area contributed by atoms with Crippen LogP contribution in [-0.2, 0) is 7.05 Å². The molecule has 1 aromatic carbocycles. The summed E-state index contributed by atoms with van der Waals surface area (Å²) in [5.74, 6) is 1.37. The Kier molecular flexibility index (Phi) is 2.67. The van der Waals surface area contributed by atoms with Crippen molar-refractivity contribution in [2.75, 3.05) is 5.73 Å². The van der Waals surface area contributed by atoms with Crippen LogP contribution in [-0.4, -0.2) is 15.9 Å². The normalized spacial score (nSPS) is 14.8. The molecule has 1 saturated carbocycles. The highest BCUT2D eigenvalue weighted by molar-refractivity contribution is 6.32. The van der Waals surface area contributed by atoms with E-state index in [2.05, 4.69) is 5.10 Å². The molecule has 3 rings (SSSR count). The number of ether oxygens (including phenoxy) is 1. The summed E-state index contributed by atoms with van der Waals surface area (Å²) in [4.78, 5) is 0. The number of benzene rings is 1. The van der Waals surface area contributed by atoms with Gasteiger partial charge in [-0.15, -0.1) is 0 Å². The summed E-state index contributed by atoms with van der Waals surface area (Å²) in [6.45, 7) is 0. The monoisotopic (exact) mass is 263 g/mol. The fourth-order valence-corrected chi connectivity index (χ4v) is 2.02. The quantitative estimate of drug-likeness (QED) is 0.926. The van der Waals surface area contributed by atoms with Crippen LogP contribution in [0.5, 0.6) is 5.75 Å². The Bertz CT molecular complexity index is 590. The van der Waals surface area contributed by atoms with Crippen LogP contribution in [0.15, 0.2) is 24.4 Å². The molecular weight excluding hydrogens is 250 g/mol. The minimum absolute atomic E-state index is 0.344. The van der Waals surface area contributed by atoms with Crippen molar-refractivity contribution >= 4 is 17.4 Å². The second-order valence-corrected chi connectivity index (χ2v) is 4.94. The van der Waals surface area contributed by atoms with E-state index < -0.39 is 0 Å². The SMILES string of the molecule is Cn1ncc(-c2ccc(OC3CC3)c(Cl)c2)c1N. The van der Waals surface area contributed by atoms with Crippen LogP contribution in [0.4, 0.5) is 5.82 Å². The maximum Gasteiger partial charge on any atom is 0.138 e. The fraction of sp³-hybridized carbons (Fsp3) is 0.308. The first-order valence-corrected chi connectivity index (χ1v) is 6.27. The molecule has 1 fully saturated rings. The van der Waals surface area contributed by atoms with E-state index in [-0.39, 0.29) is 0 Å². The van der Waals surface area contributed by atoms with Gasteiger partial charge < -0.3 is 10.5 Å². The van der Waals surface area contributed by atoms with E-state index in [1.807, 2.05) is 25.2 Å². The molecule has 0 saturated heterocycles. The fourth-order valence-electron chi connectivity index (χ4n) is 1.80. The lowest BCUT2D eigenvalue weighted by atomic mass is 10.1. The molecule has 1 aliphatic carbocycles. The second-order valence-electron chi connectivity index (χ2n) is 4.53. The van der Waals surface area contributed by atoms with Crippen LogP contribution in [0.3, 0.4) is 0 Å². The number of aromatic nitrogens is 2. The summed E-state index contributed by atoms with van der Waals surface area (Å²) in [7, 11) is 1.81. The van der Waals surface area contributed by atoms with Crippen LogP contribution in [0, 0.1) is 0 Å². The minimum atomic E-state index is 0.344. The summed E-state index contributed by atoms with van der Waals surface area (Å²) < 4.78 is 7.34. The number of rotatable bonds is 3. The van der Waals surface area contributed by atoms with Gasteiger partial charge in [0.15, 0.2) is 0 Å². The lowest BCUT2D eigenvalue weighted by molar-refractivity contribution is 0.303. The lowest BCUT2D eigenvalue weighted by Gasteiger charge is -2.08. The number of aryl methyl sites for hydroxylation is 1. The number of hydrogen-bond acceptors (Lipinski definition) is 3. The Morgan fingerprint density at radius 1 is 1.44 bits per heavy atom. The Morgan fingerprint density at radius 2 is 2.22 bits per heavy atom. The van der Waals surface area contributed by atoms with E-state index in [1.54, 1.807) is 10.9 Å². The van der Waals surface area contributed by atoms with Gasteiger partial charge in [0.2, 0.25) is 0 Å². The molecule has 94 valence electrons. The van der Waals surface area contributed by atoms with Crippen molar-refractivity contribution in [2.24, 2.45) is 7.05 Å². The Hall–Kier alpha value is -1.68. The van der Waals surface area contributed by atoms with E-state index in [9.17, 15) is 0 Å². The number of nitrogen functional groups attached to an aromatic ring is 1. The topological polar surface area (TPSA) is 53.1 Å². The van der Waals surface area contributed by atoms with Gasteiger partial charge in [-0.1, -0.05) is 17.7 Å². The standard InChI is InChI=1S/C13H14ClN3O/c1-17-13(15)10(7-16-17)8-2-5-12(11(14)6-8)18-9-3-4-9/h2,5-7,9H,3-4,15H2,1H3. The zero-order valence-corrected chi connectivity index (χ0v) is 10.8.